The lowest BCUT2D eigenvalue weighted by molar-refractivity contribution is -0.0377. The van der Waals surface area contributed by atoms with Crippen molar-refractivity contribution in [3.05, 3.63) is 33.2 Å². The predicted molar refractivity (Wildman–Crippen MR) is 82.8 cm³/mol. The Kier molecular flexibility index (Phi) is 4.50. The van der Waals surface area contributed by atoms with E-state index in [1.807, 2.05) is 10.3 Å². The Morgan fingerprint density at radius 2 is 2.41 bits per heavy atom. The van der Waals surface area contributed by atoms with Crippen LogP contribution in [0.15, 0.2) is 22.5 Å². The first-order valence-corrected chi connectivity index (χ1v) is 8.57. The van der Waals surface area contributed by atoms with Crippen LogP contribution >= 0.6 is 22.7 Å². The monoisotopic (exact) mass is 340 g/mol. The molecule has 0 radical (unpaired) electrons. The summed E-state index contributed by atoms with van der Waals surface area (Å²) in [5, 5.41) is 27.8. The second kappa shape index (κ2) is 6.39. The van der Waals surface area contributed by atoms with Gasteiger partial charge >= 0.3 is 0 Å². The molecular formula is C13H16N4O3S2. The molecule has 1 aliphatic heterocycles. The average Bonchev–Trinajstić information content (AvgIpc) is 3.20. The minimum atomic E-state index is -1.36. The van der Waals surface area contributed by atoms with Crippen LogP contribution in [-0.2, 0) is 6.54 Å². The Bertz CT molecular complexity index is 619. The maximum Gasteiger partial charge on any atom is 0.270 e. The molecule has 0 aliphatic carbocycles. The molecule has 0 saturated carbocycles. The van der Waals surface area contributed by atoms with Crippen LogP contribution in [0, 0.1) is 0 Å². The van der Waals surface area contributed by atoms with Crippen molar-refractivity contribution in [1.29, 1.82) is 0 Å². The number of hydrogen-bond acceptors (Lipinski definition) is 8. The van der Waals surface area contributed by atoms with Gasteiger partial charge in [-0.1, -0.05) is 0 Å². The summed E-state index contributed by atoms with van der Waals surface area (Å²) in [5.41, 5.74) is 0.535. The van der Waals surface area contributed by atoms with E-state index in [-0.39, 0.29) is 19.0 Å². The molecule has 0 bridgehead atoms. The Balaban J connectivity index is 1.57. The number of rotatable bonds is 5. The van der Waals surface area contributed by atoms with E-state index in [0.29, 0.717) is 18.8 Å². The normalized spacial score (nSPS) is 25.5. The molecule has 9 heteroatoms. The van der Waals surface area contributed by atoms with Gasteiger partial charge in [0.25, 0.3) is 5.91 Å². The van der Waals surface area contributed by atoms with Crippen molar-refractivity contribution in [3.8, 4) is 0 Å². The SMILES string of the molecule is O=C(NC[C@]1(O)CN(Cc2nccs2)C[C@H]1O)c1cscn1. The van der Waals surface area contributed by atoms with Crippen LogP contribution in [0.3, 0.4) is 0 Å². The number of aliphatic hydroxyl groups excluding tert-OH is 1. The van der Waals surface area contributed by atoms with Gasteiger partial charge in [0.05, 0.1) is 24.7 Å². The first kappa shape index (κ1) is 15.5. The zero-order valence-corrected chi connectivity index (χ0v) is 13.3. The lowest BCUT2D eigenvalue weighted by Gasteiger charge is -2.26. The van der Waals surface area contributed by atoms with E-state index in [9.17, 15) is 15.0 Å². The number of β-amino-alcohol motifs (C(OH)–C–C–N with tert-alkyl or cyclic N) is 2. The minimum Gasteiger partial charge on any atom is -0.389 e. The summed E-state index contributed by atoms with van der Waals surface area (Å²) in [4.78, 5) is 21.9. The number of aromatic nitrogens is 2. The highest BCUT2D eigenvalue weighted by Crippen LogP contribution is 2.23. The van der Waals surface area contributed by atoms with E-state index in [4.69, 9.17) is 0 Å². The van der Waals surface area contributed by atoms with Crippen LogP contribution in [0.1, 0.15) is 15.5 Å². The Labute approximate surface area is 135 Å². The van der Waals surface area contributed by atoms with Gasteiger partial charge < -0.3 is 15.5 Å². The summed E-state index contributed by atoms with van der Waals surface area (Å²) in [6.45, 7) is 1.20. The molecule has 2 aromatic rings. The summed E-state index contributed by atoms with van der Waals surface area (Å²) in [7, 11) is 0. The van der Waals surface area contributed by atoms with Gasteiger partial charge in [-0.3, -0.25) is 9.69 Å². The molecule has 1 fully saturated rings. The molecule has 1 saturated heterocycles. The summed E-state index contributed by atoms with van der Waals surface area (Å²) in [6.07, 6.45) is 0.815. The van der Waals surface area contributed by atoms with Crippen molar-refractivity contribution in [1.82, 2.24) is 20.2 Å². The lowest BCUT2D eigenvalue weighted by Crippen LogP contribution is -2.51. The fourth-order valence-electron chi connectivity index (χ4n) is 2.44. The molecule has 1 amide bonds. The van der Waals surface area contributed by atoms with Crippen LogP contribution in [0.5, 0.6) is 0 Å². The van der Waals surface area contributed by atoms with Crippen molar-refractivity contribution in [2.24, 2.45) is 0 Å². The molecule has 0 aromatic carbocycles. The smallest absolute Gasteiger partial charge is 0.270 e. The predicted octanol–water partition coefficient (Wildman–Crippen LogP) is -0.0628. The van der Waals surface area contributed by atoms with Crippen LogP contribution in [-0.4, -0.2) is 62.3 Å². The van der Waals surface area contributed by atoms with Gasteiger partial charge in [-0.25, -0.2) is 9.97 Å². The number of hydrogen-bond donors (Lipinski definition) is 3. The van der Waals surface area contributed by atoms with Crippen LogP contribution in [0.25, 0.3) is 0 Å². The summed E-state index contributed by atoms with van der Waals surface area (Å²) < 4.78 is 0. The number of carbonyl (C=O) groups is 1. The van der Waals surface area contributed by atoms with Gasteiger partial charge in [0.15, 0.2) is 0 Å². The molecule has 1 aliphatic rings. The summed E-state index contributed by atoms with van der Waals surface area (Å²) in [6, 6.07) is 0. The molecule has 2 atom stereocenters. The molecule has 2 aromatic heterocycles. The highest BCUT2D eigenvalue weighted by molar-refractivity contribution is 7.09. The zero-order valence-electron chi connectivity index (χ0n) is 11.7. The fourth-order valence-corrected chi connectivity index (χ4v) is 3.63. The van der Waals surface area contributed by atoms with E-state index in [0.717, 1.165) is 5.01 Å². The highest BCUT2D eigenvalue weighted by Gasteiger charge is 2.44. The van der Waals surface area contributed by atoms with Crippen LogP contribution in [0.2, 0.25) is 0 Å². The second-order valence-electron chi connectivity index (χ2n) is 5.27. The van der Waals surface area contributed by atoms with Crippen LogP contribution < -0.4 is 5.32 Å². The second-order valence-corrected chi connectivity index (χ2v) is 6.97. The molecular weight excluding hydrogens is 324 g/mol. The molecule has 3 rings (SSSR count). The van der Waals surface area contributed by atoms with E-state index in [1.54, 1.807) is 17.1 Å². The number of nitrogens with one attached hydrogen (secondary N) is 1. The van der Waals surface area contributed by atoms with Gasteiger partial charge in [0.2, 0.25) is 0 Å². The standard InChI is InChI=1S/C13H16N4O3S2/c18-10-3-17(4-11-14-1-2-22-11)7-13(10,20)6-15-12(19)9-5-21-8-16-9/h1-2,5,8,10,18,20H,3-4,6-7H2,(H,15,19)/t10-,13+/m1/s1. The van der Waals surface area contributed by atoms with E-state index >= 15 is 0 Å². The van der Waals surface area contributed by atoms with Gasteiger partial charge in [0, 0.05) is 30.0 Å². The fraction of sp³-hybridized carbons (Fsp3) is 0.462. The van der Waals surface area contributed by atoms with Gasteiger partial charge in [-0.05, 0) is 0 Å². The number of nitrogens with zero attached hydrogens (tertiary/aromatic N) is 3. The van der Waals surface area contributed by atoms with Crippen molar-refractivity contribution in [2.45, 2.75) is 18.2 Å². The Morgan fingerprint density at radius 1 is 1.55 bits per heavy atom. The largest absolute Gasteiger partial charge is 0.389 e. The molecule has 118 valence electrons. The third-order valence-electron chi connectivity index (χ3n) is 3.61. The molecule has 0 unspecified atom stereocenters. The number of aliphatic hydroxyl groups is 2. The Hall–Kier alpha value is -1.39. The minimum absolute atomic E-state index is 0.0150. The van der Waals surface area contributed by atoms with Crippen molar-refractivity contribution >= 4 is 28.6 Å². The molecule has 3 N–H and O–H groups in total. The lowest BCUT2D eigenvalue weighted by atomic mass is 10.0. The van der Waals surface area contributed by atoms with Crippen molar-refractivity contribution in [2.75, 3.05) is 19.6 Å². The Morgan fingerprint density at radius 3 is 3.09 bits per heavy atom. The quantitative estimate of drug-likeness (QED) is 0.705. The third kappa shape index (κ3) is 3.33. The molecule has 3 heterocycles. The number of likely N-dealkylation sites (tertiary alicyclic amines) is 1. The highest BCUT2D eigenvalue weighted by atomic mass is 32.1. The third-order valence-corrected chi connectivity index (χ3v) is 4.96. The van der Waals surface area contributed by atoms with E-state index in [1.165, 1.54) is 22.7 Å². The maximum atomic E-state index is 11.9. The maximum absolute atomic E-state index is 11.9. The first-order chi connectivity index (χ1) is 10.6. The molecule has 22 heavy (non-hydrogen) atoms. The average molecular weight is 340 g/mol. The van der Waals surface area contributed by atoms with Gasteiger partial charge in [-0.15, -0.1) is 22.7 Å². The van der Waals surface area contributed by atoms with Crippen molar-refractivity contribution in [3.63, 3.8) is 0 Å². The van der Waals surface area contributed by atoms with Crippen LogP contribution in [0.4, 0.5) is 0 Å². The number of carbonyl (C=O) groups excluding carboxylic acids is 1. The molecule has 7 nitrogen and oxygen atoms in total. The van der Waals surface area contributed by atoms with E-state index < -0.39 is 11.7 Å². The first-order valence-electron chi connectivity index (χ1n) is 6.74. The van der Waals surface area contributed by atoms with Gasteiger partial charge in [0.1, 0.15) is 16.3 Å². The summed E-state index contributed by atoms with van der Waals surface area (Å²) >= 11 is 2.87. The van der Waals surface area contributed by atoms with Crippen molar-refractivity contribution < 1.29 is 15.0 Å². The summed E-state index contributed by atoms with van der Waals surface area (Å²) in [5.74, 6) is -0.347. The van der Waals surface area contributed by atoms with Gasteiger partial charge in [-0.2, -0.15) is 0 Å². The molecule has 0 spiro atoms. The topological polar surface area (TPSA) is 98.6 Å². The number of thiazole rings is 2. The number of amides is 1. The zero-order chi connectivity index (χ0) is 15.6. The van der Waals surface area contributed by atoms with E-state index in [2.05, 4.69) is 15.3 Å².